The van der Waals surface area contributed by atoms with Gasteiger partial charge in [0, 0.05) is 12.2 Å². The van der Waals surface area contributed by atoms with Crippen LogP contribution in [-0.4, -0.2) is 11.2 Å². The number of ether oxygens (including phenoxy) is 1. The Hall–Kier alpha value is -1.58. The molecule has 0 aliphatic carbocycles. The van der Waals surface area contributed by atoms with Crippen LogP contribution in [0.5, 0.6) is 11.5 Å². The maximum atomic E-state index is 9.53. The lowest BCUT2D eigenvalue weighted by Crippen LogP contribution is -2.06. The molecule has 0 bridgehead atoms. The SMILES string of the molecule is CC(C)Oc1cccc(CNc2cc(Cl)c(O)c(Cl)c2)c1. The number of anilines is 1. The summed E-state index contributed by atoms with van der Waals surface area (Å²) < 4.78 is 5.66. The number of hydrogen-bond acceptors (Lipinski definition) is 3. The van der Waals surface area contributed by atoms with Gasteiger partial charge in [-0.2, -0.15) is 0 Å². The zero-order valence-corrected chi connectivity index (χ0v) is 13.4. The molecule has 0 spiro atoms. The first-order chi connectivity index (χ1) is 9.95. The molecule has 0 aromatic heterocycles. The van der Waals surface area contributed by atoms with Crippen molar-refractivity contribution in [2.24, 2.45) is 0 Å². The summed E-state index contributed by atoms with van der Waals surface area (Å²) >= 11 is 11.8. The first-order valence-corrected chi connectivity index (χ1v) is 7.39. The highest BCUT2D eigenvalue weighted by Crippen LogP contribution is 2.34. The molecule has 0 saturated heterocycles. The third-order valence-electron chi connectivity index (χ3n) is 2.78. The first-order valence-electron chi connectivity index (χ1n) is 6.63. The summed E-state index contributed by atoms with van der Waals surface area (Å²) in [5.74, 6) is 0.738. The Kier molecular flexibility index (Phi) is 5.21. The third-order valence-corrected chi connectivity index (χ3v) is 3.36. The molecule has 2 N–H and O–H groups in total. The van der Waals surface area contributed by atoms with Crippen molar-refractivity contribution >= 4 is 28.9 Å². The van der Waals surface area contributed by atoms with Crippen LogP contribution >= 0.6 is 23.2 Å². The van der Waals surface area contributed by atoms with Gasteiger partial charge in [0.15, 0.2) is 5.75 Å². The van der Waals surface area contributed by atoms with Gasteiger partial charge in [-0.3, -0.25) is 0 Å². The van der Waals surface area contributed by atoms with Gasteiger partial charge < -0.3 is 15.2 Å². The number of rotatable bonds is 5. The predicted molar refractivity (Wildman–Crippen MR) is 87.7 cm³/mol. The lowest BCUT2D eigenvalue weighted by Gasteiger charge is -2.12. The highest BCUT2D eigenvalue weighted by Gasteiger charge is 2.06. The Labute approximate surface area is 134 Å². The molecule has 21 heavy (non-hydrogen) atoms. The van der Waals surface area contributed by atoms with Gasteiger partial charge in [-0.25, -0.2) is 0 Å². The zero-order valence-electron chi connectivity index (χ0n) is 11.9. The summed E-state index contributed by atoms with van der Waals surface area (Å²) in [7, 11) is 0. The van der Waals surface area contributed by atoms with Gasteiger partial charge in [0.1, 0.15) is 5.75 Å². The minimum Gasteiger partial charge on any atom is -0.505 e. The van der Waals surface area contributed by atoms with E-state index in [1.165, 1.54) is 0 Å². The van der Waals surface area contributed by atoms with E-state index in [-0.39, 0.29) is 21.9 Å². The minimum atomic E-state index is -0.101. The number of phenols is 1. The third kappa shape index (κ3) is 4.45. The van der Waals surface area contributed by atoms with E-state index in [9.17, 15) is 5.11 Å². The molecular formula is C16H17Cl2NO2. The molecule has 3 nitrogen and oxygen atoms in total. The van der Waals surface area contributed by atoms with E-state index in [4.69, 9.17) is 27.9 Å². The Morgan fingerprint density at radius 2 is 1.81 bits per heavy atom. The minimum absolute atomic E-state index is 0.101. The van der Waals surface area contributed by atoms with E-state index in [0.29, 0.717) is 6.54 Å². The molecule has 0 atom stereocenters. The van der Waals surface area contributed by atoms with Crippen molar-refractivity contribution in [1.82, 2.24) is 0 Å². The normalized spacial score (nSPS) is 10.7. The largest absolute Gasteiger partial charge is 0.505 e. The molecule has 2 aromatic rings. The second-order valence-electron chi connectivity index (χ2n) is 4.96. The Morgan fingerprint density at radius 1 is 1.14 bits per heavy atom. The van der Waals surface area contributed by atoms with Gasteiger partial charge in [0.25, 0.3) is 0 Å². The number of phenolic OH excluding ortho intramolecular Hbond substituents is 1. The molecule has 0 radical (unpaired) electrons. The van der Waals surface area contributed by atoms with E-state index in [0.717, 1.165) is 17.0 Å². The van der Waals surface area contributed by atoms with E-state index < -0.39 is 0 Å². The zero-order chi connectivity index (χ0) is 15.4. The maximum Gasteiger partial charge on any atom is 0.152 e. The fourth-order valence-electron chi connectivity index (χ4n) is 1.87. The molecule has 0 aliphatic rings. The van der Waals surface area contributed by atoms with Crippen LogP contribution in [0, 0.1) is 0 Å². The van der Waals surface area contributed by atoms with Crippen LogP contribution in [0.4, 0.5) is 5.69 Å². The Morgan fingerprint density at radius 3 is 2.43 bits per heavy atom. The van der Waals surface area contributed by atoms with Crippen LogP contribution in [0.2, 0.25) is 10.0 Å². The van der Waals surface area contributed by atoms with Crippen LogP contribution in [0.1, 0.15) is 19.4 Å². The fraction of sp³-hybridized carbons (Fsp3) is 0.250. The van der Waals surface area contributed by atoms with Crippen molar-refractivity contribution < 1.29 is 9.84 Å². The summed E-state index contributed by atoms with van der Waals surface area (Å²) in [6, 6.07) is 11.1. The van der Waals surface area contributed by atoms with Crippen LogP contribution in [-0.2, 0) is 6.54 Å². The van der Waals surface area contributed by atoms with Gasteiger partial charge in [-0.1, -0.05) is 35.3 Å². The van der Waals surface area contributed by atoms with Gasteiger partial charge in [-0.05, 0) is 43.7 Å². The van der Waals surface area contributed by atoms with Crippen LogP contribution in [0.3, 0.4) is 0 Å². The van der Waals surface area contributed by atoms with Crippen molar-refractivity contribution in [1.29, 1.82) is 0 Å². The maximum absolute atomic E-state index is 9.53. The second-order valence-corrected chi connectivity index (χ2v) is 5.77. The summed E-state index contributed by atoms with van der Waals surface area (Å²) in [6.45, 7) is 4.59. The molecular weight excluding hydrogens is 309 g/mol. The Bertz CT molecular complexity index is 606. The standard InChI is InChI=1S/C16H17Cl2NO2/c1-10(2)21-13-5-3-4-11(6-13)9-19-12-7-14(17)16(20)15(18)8-12/h3-8,10,19-20H,9H2,1-2H3. The van der Waals surface area contributed by atoms with Crippen LogP contribution in [0.25, 0.3) is 0 Å². The van der Waals surface area contributed by atoms with E-state index in [1.807, 2.05) is 38.1 Å². The molecule has 0 heterocycles. The average molecular weight is 326 g/mol. The quantitative estimate of drug-likeness (QED) is 0.751. The molecule has 2 aromatic carbocycles. The van der Waals surface area contributed by atoms with Crippen molar-refractivity contribution in [3.8, 4) is 11.5 Å². The summed E-state index contributed by atoms with van der Waals surface area (Å²) in [5.41, 5.74) is 1.83. The average Bonchev–Trinajstić information content (AvgIpc) is 2.42. The van der Waals surface area contributed by atoms with Crippen molar-refractivity contribution in [3.63, 3.8) is 0 Å². The smallest absolute Gasteiger partial charge is 0.152 e. The number of hydrogen-bond donors (Lipinski definition) is 2. The number of nitrogens with one attached hydrogen (secondary N) is 1. The summed E-state index contributed by atoms with van der Waals surface area (Å²) in [6.07, 6.45) is 0.142. The van der Waals surface area contributed by atoms with E-state index >= 15 is 0 Å². The van der Waals surface area contributed by atoms with Crippen LogP contribution in [0.15, 0.2) is 36.4 Å². The highest BCUT2D eigenvalue weighted by molar-refractivity contribution is 6.37. The van der Waals surface area contributed by atoms with Gasteiger partial charge in [-0.15, -0.1) is 0 Å². The molecule has 5 heteroatoms. The van der Waals surface area contributed by atoms with Crippen LogP contribution < -0.4 is 10.1 Å². The first kappa shape index (κ1) is 15.8. The molecule has 0 unspecified atom stereocenters. The van der Waals surface area contributed by atoms with Crippen molar-refractivity contribution in [3.05, 3.63) is 52.0 Å². The molecule has 112 valence electrons. The second kappa shape index (κ2) is 6.92. The number of aromatic hydroxyl groups is 1. The molecule has 0 aliphatic heterocycles. The lowest BCUT2D eigenvalue weighted by atomic mass is 10.2. The molecule has 0 fully saturated rings. The molecule has 0 saturated carbocycles. The fourth-order valence-corrected chi connectivity index (χ4v) is 2.36. The van der Waals surface area contributed by atoms with Crippen molar-refractivity contribution in [2.75, 3.05) is 5.32 Å². The Balaban J connectivity index is 2.06. The summed E-state index contributed by atoms with van der Waals surface area (Å²) in [4.78, 5) is 0. The predicted octanol–water partition coefficient (Wildman–Crippen LogP) is 5.10. The van der Waals surface area contributed by atoms with Gasteiger partial charge in [0.05, 0.1) is 16.1 Å². The topological polar surface area (TPSA) is 41.5 Å². The van der Waals surface area contributed by atoms with Gasteiger partial charge in [0.2, 0.25) is 0 Å². The lowest BCUT2D eigenvalue weighted by molar-refractivity contribution is 0.242. The molecule has 2 rings (SSSR count). The summed E-state index contributed by atoms with van der Waals surface area (Å²) in [5, 5.41) is 13.2. The van der Waals surface area contributed by atoms with Gasteiger partial charge >= 0.3 is 0 Å². The van der Waals surface area contributed by atoms with Crippen molar-refractivity contribution in [2.45, 2.75) is 26.5 Å². The number of benzene rings is 2. The van der Waals surface area contributed by atoms with E-state index in [1.54, 1.807) is 12.1 Å². The molecule has 0 amide bonds. The number of halogens is 2. The van der Waals surface area contributed by atoms with E-state index in [2.05, 4.69) is 5.32 Å². The highest BCUT2D eigenvalue weighted by atomic mass is 35.5. The monoisotopic (exact) mass is 325 g/mol.